The molecule has 1 rings (SSSR count). The number of aromatic nitrogens is 1. The van der Waals surface area contributed by atoms with Crippen LogP contribution in [-0.4, -0.2) is 23.5 Å². The quantitative estimate of drug-likeness (QED) is 0.806. The first-order valence-electron chi connectivity index (χ1n) is 7.07. The number of hydrogen-bond donors (Lipinski definition) is 2. The van der Waals surface area contributed by atoms with Gasteiger partial charge in [0.1, 0.15) is 0 Å². The van der Waals surface area contributed by atoms with Gasteiger partial charge < -0.3 is 11.1 Å². The third kappa shape index (κ3) is 4.67. The smallest absolute Gasteiger partial charge is 0.253 e. The van der Waals surface area contributed by atoms with Gasteiger partial charge in [0.25, 0.3) is 5.91 Å². The van der Waals surface area contributed by atoms with E-state index in [1.54, 1.807) is 18.5 Å². The zero-order valence-corrected chi connectivity index (χ0v) is 12.4. The molecule has 0 aromatic carbocycles. The average Bonchev–Trinajstić information content (AvgIpc) is 2.46. The number of carbonyl (C=O) groups is 1. The molecule has 1 atom stereocenters. The van der Waals surface area contributed by atoms with Crippen LogP contribution in [0.1, 0.15) is 49.5 Å². The van der Waals surface area contributed by atoms with Crippen LogP contribution in [0.5, 0.6) is 0 Å². The maximum atomic E-state index is 12.2. The van der Waals surface area contributed by atoms with Gasteiger partial charge in [-0.15, -0.1) is 0 Å². The summed E-state index contributed by atoms with van der Waals surface area (Å²) in [6.45, 7) is 6.62. The Hall–Kier alpha value is -1.86. The van der Waals surface area contributed by atoms with Crippen molar-refractivity contribution in [1.82, 2.24) is 10.3 Å². The molecule has 1 aromatic rings. The lowest BCUT2D eigenvalue weighted by Gasteiger charge is -2.22. The van der Waals surface area contributed by atoms with Crippen molar-refractivity contribution in [2.24, 2.45) is 11.7 Å². The summed E-state index contributed by atoms with van der Waals surface area (Å²) < 4.78 is 0. The molecule has 0 aliphatic heterocycles. The van der Waals surface area contributed by atoms with E-state index in [1.165, 1.54) is 0 Å². The predicted octanol–water partition coefficient (Wildman–Crippen LogP) is 1.95. The lowest BCUT2D eigenvalue weighted by molar-refractivity contribution is 0.0925. The monoisotopic (exact) mass is 273 g/mol. The lowest BCUT2D eigenvalue weighted by atomic mass is 9.95. The van der Waals surface area contributed by atoms with Crippen molar-refractivity contribution < 1.29 is 4.79 Å². The highest BCUT2D eigenvalue weighted by Gasteiger charge is 2.16. The molecule has 4 nitrogen and oxygen atoms in total. The van der Waals surface area contributed by atoms with E-state index >= 15 is 0 Å². The summed E-state index contributed by atoms with van der Waals surface area (Å²) >= 11 is 0. The Bertz CT molecular complexity index is 498. The van der Waals surface area contributed by atoms with E-state index in [9.17, 15) is 4.79 Å². The van der Waals surface area contributed by atoms with Crippen LogP contribution >= 0.6 is 0 Å². The topological polar surface area (TPSA) is 68.0 Å². The number of hydrogen-bond acceptors (Lipinski definition) is 3. The van der Waals surface area contributed by atoms with Crippen LogP contribution in [0, 0.1) is 17.8 Å². The second-order valence-corrected chi connectivity index (χ2v) is 4.81. The summed E-state index contributed by atoms with van der Waals surface area (Å²) in [7, 11) is 0. The second-order valence-electron chi connectivity index (χ2n) is 4.81. The molecule has 1 heterocycles. The maximum absolute atomic E-state index is 12.2. The van der Waals surface area contributed by atoms with Gasteiger partial charge in [-0.2, -0.15) is 0 Å². The number of nitrogens with one attached hydrogen (secondary N) is 1. The number of nitrogens with zero attached hydrogens (tertiary/aromatic N) is 1. The zero-order chi connectivity index (χ0) is 15.0. The van der Waals surface area contributed by atoms with Gasteiger partial charge in [0.2, 0.25) is 0 Å². The fraction of sp³-hybridized carbons (Fsp3) is 0.500. The molecule has 0 aliphatic rings. The van der Waals surface area contributed by atoms with Gasteiger partial charge in [-0.25, -0.2) is 0 Å². The van der Waals surface area contributed by atoms with Crippen molar-refractivity contribution in [3.63, 3.8) is 0 Å². The number of pyridine rings is 1. The third-order valence-electron chi connectivity index (χ3n) is 3.45. The highest BCUT2D eigenvalue weighted by atomic mass is 16.1. The minimum Gasteiger partial charge on any atom is -0.349 e. The van der Waals surface area contributed by atoms with E-state index in [0.717, 1.165) is 12.8 Å². The molecule has 0 radical (unpaired) electrons. The molecule has 0 fully saturated rings. The Morgan fingerprint density at radius 1 is 1.40 bits per heavy atom. The Balaban J connectivity index is 2.77. The van der Waals surface area contributed by atoms with Crippen LogP contribution in [0.2, 0.25) is 0 Å². The molecule has 0 saturated heterocycles. The van der Waals surface area contributed by atoms with Crippen molar-refractivity contribution in [3.8, 4) is 11.8 Å². The highest BCUT2D eigenvalue weighted by Crippen LogP contribution is 2.13. The molecule has 1 amide bonds. The van der Waals surface area contributed by atoms with E-state index in [2.05, 4.69) is 36.0 Å². The molecule has 0 bridgehead atoms. The van der Waals surface area contributed by atoms with Crippen LogP contribution in [0.25, 0.3) is 0 Å². The summed E-state index contributed by atoms with van der Waals surface area (Å²) in [5.74, 6) is 6.02. The van der Waals surface area contributed by atoms with Crippen LogP contribution in [-0.2, 0) is 0 Å². The summed E-state index contributed by atoms with van der Waals surface area (Å²) in [5.41, 5.74) is 6.57. The molecular formula is C16H23N3O. The summed E-state index contributed by atoms with van der Waals surface area (Å²) in [6.07, 6.45) is 5.29. The van der Waals surface area contributed by atoms with Gasteiger partial charge in [-0.1, -0.05) is 38.5 Å². The van der Waals surface area contributed by atoms with Gasteiger partial charge in [-0.05, 0) is 18.9 Å². The number of rotatable bonds is 5. The summed E-state index contributed by atoms with van der Waals surface area (Å²) in [6, 6.07) is 1.89. The largest absolute Gasteiger partial charge is 0.349 e. The number of nitrogens with two attached hydrogens (primary N) is 1. The molecular weight excluding hydrogens is 250 g/mol. The molecule has 108 valence electrons. The molecule has 0 aliphatic carbocycles. The number of amides is 1. The van der Waals surface area contributed by atoms with Crippen molar-refractivity contribution in [2.75, 3.05) is 6.54 Å². The maximum Gasteiger partial charge on any atom is 0.253 e. The first-order valence-corrected chi connectivity index (χ1v) is 7.07. The van der Waals surface area contributed by atoms with Gasteiger partial charge in [-0.3, -0.25) is 9.78 Å². The van der Waals surface area contributed by atoms with Crippen LogP contribution in [0.4, 0.5) is 0 Å². The first kappa shape index (κ1) is 16.2. The van der Waals surface area contributed by atoms with Gasteiger partial charge in [0, 0.05) is 24.0 Å². The Kier molecular flexibility index (Phi) is 6.75. The highest BCUT2D eigenvalue weighted by molar-refractivity contribution is 5.94. The number of carbonyl (C=O) groups excluding carboxylic acids is 1. The zero-order valence-electron chi connectivity index (χ0n) is 12.4. The molecule has 3 N–H and O–H groups in total. The van der Waals surface area contributed by atoms with Gasteiger partial charge in [0.15, 0.2) is 0 Å². The van der Waals surface area contributed by atoms with Crippen LogP contribution < -0.4 is 11.1 Å². The van der Waals surface area contributed by atoms with Crippen molar-refractivity contribution in [2.45, 2.75) is 39.7 Å². The summed E-state index contributed by atoms with van der Waals surface area (Å²) in [4.78, 5) is 16.2. The molecule has 20 heavy (non-hydrogen) atoms. The van der Waals surface area contributed by atoms with E-state index in [1.807, 2.05) is 6.92 Å². The first-order chi connectivity index (χ1) is 9.62. The van der Waals surface area contributed by atoms with E-state index in [0.29, 0.717) is 23.6 Å². The van der Waals surface area contributed by atoms with Gasteiger partial charge in [0.05, 0.1) is 12.1 Å². The SMILES string of the molecule is CCC(CC)C(C)NC(=O)c1cncc(C#CCN)c1. The lowest BCUT2D eigenvalue weighted by Crippen LogP contribution is -2.37. The standard InChI is InChI=1S/C16H23N3O/c1-4-14(5-2)12(3)19-16(20)15-9-13(7-6-8-17)10-18-11-15/h9-12,14H,4-5,8,17H2,1-3H3,(H,19,20). The molecule has 1 unspecified atom stereocenters. The third-order valence-corrected chi connectivity index (χ3v) is 3.45. The van der Waals surface area contributed by atoms with E-state index in [4.69, 9.17) is 5.73 Å². The summed E-state index contributed by atoms with van der Waals surface area (Å²) in [5, 5.41) is 3.03. The Labute approximate surface area is 121 Å². The van der Waals surface area contributed by atoms with Gasteiger partial charge >= 0.3 is 0 Å². The predicted molar refractivity (Wildman–Crippen MR) is 81.2 cm³/mol. The van der Waals surface area contributed by atoms with E-state index in [-0.39, 0.29) is 11.9 Å². The van der Waals surface area contributed by atoms with Crippen molar-refractivity contribution in [1.29, 1.82) is 0 Å². The average molecular weight is 273 g/mol. The minimum absolute atomic E-state index is 0.103. The fourth-order valence-electron chi connectivity index (χ4n) is 2.19. The molecule has 1 aromatic heterocycles. The minimum atomic E-state index is -0.103. The molecule has 0 saturated carbocycles. The molecule has 0 spiro atoms. The fourth-order valence-corrected chi connectivity index (χ4v) is 2.19. The van der Waals surface area contributed by atoms with Crippen LogP contribution in [0.3, 0.4) is 0 Å². The van der Waals surface area contributed by atoms with Crippen molar-refractivity contribution >= 4 is 5.91 Å². The normalized spacial score (nSPS) is 11.7. The van der Waals surface area contributed by atoms with E-state index < -0.39 is 0 Å². The molecule has 4 heteroatoms. The Morgan fingerprint density at radius 2 is 2.10 bits per heavy atom. The van der Waals surface area contributed by atoms with Crippen LogP contribution in [0.15, 0.2) is 18.5 Å². The van der Waals surface area contributed by atoms with Crippen molar-refractivity contribution in [3.05, 3.63) is 29.6 Å². The second kappa shape index (κ2) is 8.34. The Morgan fingerprint density at radius 3 is 2.70 bits per heavy atom.